The van der Waals surface area contributed by atoms with E-state index in [-0.39, 0.29) is 5.69 Å². The molecular formula is C5H5ClN2O2. The minimum atomic E-state index is -0.460. The number of carbonyl (C=O) groups excluding carboxylic acids is 1. The van der Waals surface area contributed by atoms with Crippen molar-refractivity contribution in [3.8, 4) is 0 Å². The minimum absolute atomic E-state index is 0.188. The summed E-state index contributed by atoms with van der Waals surface area (Å²) in [6, 6.07) is 1.50. The molecule has 0 fully saturated rings. The summed E-state index contributed by atoms with van der Waals surface area (Å²) in [4.78, 5) is 12.6. The molecule has 1 heterocycles. The van der Waals surface area contributed by atoms with Gasteiger partial charge in [-0.05, 0) is 6.92 Å². The van der Waals surface area contributed by atoms with Crippen LogP contribution in [0.15, 0.2) is 10.6 Å². The lowest BCUT2D eigenvalue weighted by atomic mass is 10.4. The van der Waals surface area contributed by atoms with E-state index in [4.69, 9.17) is 11.8 Å². The number of rotatable bonds is 1. The Morgan fingerprint density at radius 1 is 1.90 bits per heavy atom. The van der Waals surface area contributed by atoms with Gasteiger partial charge in [0.2, 0.25) is 0 Å². The van der Waals surface area contributed by atoms with Gasteiger partial charge in [-0.15, -0.1) is 0 Å². The molecule has 1 rings (SSSR count). The average molecular weight is 161 g/mol. The summed E-state index contributed by atoms with van der Waals surface area (Å²) in [5, 5.41) is 3.42. The molecule has 0 aliphatic rings. The first-order chi connectivity index (χ1) is 4.74. The molecule has 0 bridgehead atoms. The number of aryl methyl sites for hydroxylation is 1. The topological polar surface area (TPSA) is 55.1 Å². The standard InChI is InChI=1S/C5H5ClN2O2/c1-3-2-4(8-10-3)5(9)7-6/h2H,1H3,(H,7,9). The van der Waals surface area contributed by atoms with Gasteiger partial charge in [0.15, 0.2) is 5.69 Å². The maximum Gasteiger partial charge on any atom is 0.287 e. The maximum absolute atomic E-state index is 10.7. The highest BCUT2D eigenvalue weighted by atomic mass is 35.5. The van der Waals surface area contributed by atoms with Crippen LogP contribution in [0.2, 0.25) is 0 Å². The third-order valence-electron chi connectivity index (χ3n) is 0.946. The Bertz CT molecular complexity index is 246. The SMILES string of the molecule is Cc1cc(C(=O)NCl)no1. The number of carbonyl (C=O) groups is 1. The van der Waals surface area contributed by atoms with Crippen LogP contribution in [0, 0.1) is 6.92 Å². The second-order valence-corrected chi connectivity index (χ2v) is 1.94. The molecule has 0 aliphatic heterocycles. The lowest BCUT2D eigenvalue weighted by Gasteiger charge is -1.85. The first-order valence-electron chi connectivity index (χ1n) is 2.58. The van der Waals surface area contributed by atoms with Crippen LogP contribution in [0.4, 0.5) is 0 Å². The van der Waals surface area contributed by atoms with Crippen molar-refractivity contribution in [3.63, 3.8) is 0 Å². The quantitative estimate of drug-likeness (QED) is 0.621. The zero-order valence-corrected chi connectivity index (χ0v) is 5.97. The van der Waals surface area contributed by atoms with E-state index in [0.717, 1.165) is 0 Å². The molecule has 0 saturated heterocycles. The van der Waals surface area contributed by atoms with E-state index < -0.39 is 5.91 Å². The van der Waals surface area contributed by atoms with Gasteiger partial charge in [-0.25, -0.2) is 0 Å². The smallest absolute Gasteiger partial charge is 0.287 e. The highest BCUT2D eigenvalue weighted by molar-refractivity contribution is 6.23. The van der Waals surface area contributed by atoms with E-state index in [2.05, 4.69) is 9.68 Å². The molecule has 0 aliphatic carbocycles. The third-order valence-corrected chi connectivity index (χ3v) is 1.12. The van der Waals surface area contributed by atoms with Gasteiger partial charge >= 0.3 is 0 Å². The van der Waals surface area contributed by atoms with Crippen LogP contribution in [0.3, 0.4) is 0 Å². The zero-order valence-electron chi connectivity index (χ0n) is 5.22. The van der Waals surface area contributed by atoms with E-state index >= 15 is 0 Å². The van der Waals surface area contributed by atoms with Crippen molar-refractivity contribution in [1.82, 2.24) is 9.99 Å². The molecule has 0 unspecified atom stereocenters. The zero-order chi connectivity index (χ0) is 7.56. The summed E-state index contributed by atoms with van der Waals surface area (Å²) >= 11 is 5.01. The predicted octanol–water partition coefficient (Wildman–Crippen LogP) is 0.867. The molecule has 1 aromatic heterocycles. The van der Waals surface area contributed by atoms with Crippen LogP contribution in [-0.2, 0) is 0 Å². The van der Waals surface area contributed by atoms with Gasteiger partial charge < -0.3 is 4.52 Å². The van der Waals surface area contributed by atoms with Gasteiger partial charge in [0, 0.05) is 17.8 Å². The summed E-state index contributed by atoms with van der Waals surface area (Å²) in [5.74, 6) is 0.119. The molecule has 0 aromatic carbocycles. The van der Waals surface area contributed by atoms with Crippen molar-refractivity contribution >= 4 is 17.7 Å². The Labute approximate surface area is 62.3 Å². The number of halogens is 1. The molecule has 10 heavy (non-hydrogen) atoms. The fourth-order valence-electron chi connectivity index (χ4n) is 0.522. The number of amides is 1. The molecule has 0 saturated carbocycles. The molecule has 0 spiro atoms. The molecule has 4 nitrogen and oxygen atoms in total. The van der Waals surface area contributed by atoms with Crippen molar-refractivity contribution in [3.05, 3.63) is 17.5 Å². The summed E-state index contributed by atoms with van der Waals surface area (Å²) in [6.07, 6.45) is 0. The molecule has 1 aromatic rings. The largest absolute Gasteiger partial charge is 0.361 e. The summed E-state index contributed by atoms with van der Waals surface area (Å²) in [5.41, 5.74) is 0.188. The Hall–Kier alpha value is -1.03. The monoisotopic (exact) mass is 160 g/mol. The number of nitrogens with zero attached hydrogens (tertiary/aromatic N) is 1. The highest BCUT2D eigenvalue weighted by Crippen LogP contribution is 2.00. The van der Waals surface area contributed by atoms with Crippen LogP contribution in [0.25, 0.3) is 0 Å². The van der Waals surface area contributed by atoms with E-state index in [1.54, 1.807) is 6.92 Å². The Morgan fingerprint density at radius 2 is 2.60 bits per heavy atom. The summed E-state index contributed by atoms with van der Waals surface area (Å²) < 4.78 is 4.62. The van der Waals surface area contributed by atoms with Crippen LogP contribution in [0.5, 0.6) is 0 Å². The Morgan fingerprint density at radius 3 is 3.00 bits per heavy atom. The van der Waals surface area contributed by atoms with Gasteiger partial charge in [-0.1, -0.05) is 5.16 Å². The first-order valence-corrected chi connectivity index (χ1v) is 2.96. The molecule has 54 valence electrons. The van der Waals surface area contributed by atoms with Crippen LogP contribution < -0.4 is 4.84 Å². The van der Waals surface area contributed by atoms with Gasteiger partial charge in [0.1, 0.15) is 5.76 Å². The minimum Gasteiger partial charge on any atom is -0.361 e. The second kappa shape index (κ2) is 2.70. The van der Waals surface area contributed by atoms with Gasteiger partial charge in [-0.3, -0.25) is 9.63 Å². The predicted molar refractivity (Wildman–Crippen MR) is 34.6 cm³/mol. The Balaban J connectivity index is 2.85. The van der Waals surface area contributed by atoms with Crippen molar-refractivity contribution in [1.29, 1.82) is 0 Å². The second-order valence-electron chi connectivity index (χ2n) is 1.75. The first kappa shape index (κ1) is 7.08. The lowest BCUT2D eigenvalue weighted by Crippen LogP contribution is -2.12. The van der Waals surface area contributed by atoms with E-state index in [1.807, 2.05) is 4.84 Å². The third kappa shape index (κ3) is 1.27. The normalized spacial score (nSPS) is 9.40. The molecule has 5 heteroatoms. The van der Waals surface area contributed by atoms with Crippen LogP contribution in [-0.4, -0.2) is 11.1 Å². The fourth-order valence-corrected chi connectivity index (χ4v) is 0.619. The number of aromatic nitrogens is 1. The summed E-state index contributed by atoms with van der Waals surface area (Å²) in [7, 11) is 0. The molecule has 0 radical (unpaired) electrons. The van der Waals surface area contributed by atoms with E-state index in [9.17, 15) is 4.79 Å². The highest BCUT2D eigenvalue weighted by Gasteiger charge is 2.07. The number of nitrogens with one attached hydrogen (secondary N) is 1. The van der Waals surface area contributed by atoms with Crippen molar-refractivity contribution in [2.24, 2.45) is 0 Å². The van der Waals surface area contributed by atoms with Crippen LogP contribution in [0.1, 0.15) is 16.2 Å². The molecule has 0 atom stereocenters. The number of hydrogen-bond acceptors (Lipinski definition) is 3. The maximum atomic E-state index is 10.7. The van der Waals surface area contributed by atoms with E-state index in [0.29, 0.717) is 5.76 Å². The van der Waals surface area contributed by atoms with Crippen molar-refractivity contribution in [2.45, 2.75) is 6.92 Å². The summed E-state index contributed by atoms with van der Waals surface area (Å²) in [6.45, 7) is 1.69. The van der Waals surface area contributed by atoms with Crippen molar-refractivity contribution in [2.75, 3.05) is 0 Å². The van der Waals surface area contributed by atoms with E-state index in [1.165, 1.54) is 6.07 Å². The average Bonchev–Trinajstić information content (AvgIpc) is 2.34. The fraction of sp³-hybridized carbons (Fsp3) is 0.200. The number of hydrogen-bond donors (Lipinski definition) is 1. The lowest BCUT2D eigenvalue weighted by molar-refractivity contribution is 0.0973. The Kier molecular flexibility index (Phi) is 1.91. The molecule has 1 amide bonds. The molecular weight excluding hydrogens is 156 g/mol. The van der Waals surface area contributed by atoms with Gasteiger partial charge in [-0.2, -0.15) is 0 Å². The molecule has 1 N–H and O–H groups in total. The van der Waals surface area contributed by atoms with Gasteiger partial charge in [0.05, 0.1) is 0 Å². The van der Waals surface area contributed by atoms with Crippen molar-refractivity contribution < 1.29 is 9.32 Å². The van der Waals surface area contributed by atoms with Crippen LogP contribution >= 0.6 is 11.8 Å². The van der Waals surface area contributed by atoms with Gasteiger partial charge in [0.25, 0.3) is 5.91 Å².